The summed E-state index contributed by atoms with van der Waals surface area (Å²) in [7, 11) is 0. The molecule has 1 aliphatic rings. The fourth-order valence-electron chi connectivity index (χ4n) is 0.774. The molecule has 0 bridgehead atoms. The van der Waals surface area contributed by atoms with Crippen LogP contribution in [0.25, 0.3) is 0 Å². The predicted molar refractivity (Wildman–Crippen MR) is 38.6 cm³/mol. The van der Waals surface area contributed by atoms with E-state index in [9.17, 15) is 4.79 Å². The van der Waals surface area contributed by atoms with Crippen molar-refractivity contribution >= 4 is 5.97 Å². The van der Waals surface area contributed by atoms with E-state index in [0.29, 0.717) is 5.57 Å². The van der Waals surface area contributed by atoms with Crippen molar-refractivity contribution in [3.05, 3.63) is 35.5 Å². The highest BCUT2D eigenvalue weighted by molar-refractivity contribution is 5.92. The van der Waals surface area contributed by atoms with Crippen LogP contribution in [0.3, 0.4) is 0 Å². The molecule has 1 N–H and O–H groups in total. The van der Waals surface area contributed by atoms with Gasteiger partial charge in [0.15, 0.2) is 0 Å². The Kier molecular flexibility index (Phi) is 1.71. The molecule has 0 saturated carbocycles. The van der Waals surface area contributed by atoms with Gasteiger partial charge in [-0.1, -0.05) is 12.2 Å². The summed E-state index contributed by atoms with van der Waals surface area (Å²) in [5, 5.41) is 8.48. The average molecular weight is 136 g/mol. The van der Waals surface area contributed by atoms with Gasteiger partial charge in [0.2, 0.25) is 0 Å². The second-order valence-corrected chi connectivity index (χ2v) is 2.03. The van der Waals surface area contributed by atoms with Crippen molar-refractivity contribution < 1.29 is 9.90 Å². The molecule has 0 spiro atoms. The van der Waals surface area contributed by atoms with E-state index >= 15 is 0 Å². The van der Waals surface area contributed by atoms with Gasteiger partial charge in [-0.2, -0.15) is 0 Å². The number of carboxylic acids is 1. The molecule has 1 aliphatic carbocycles. The quantitative estimate of drug-likeness (QED) is 0.593. The lowest BCUT2D eigenvalue weighted by molar-refractivity contribution is -0.132. The molecule has 0 aliphatic heterocycles. The van der Waals surface area contributed by atoms with Crippen LogP contribution in [0.5, 0.6) is 0 Å². The summed E-state index contributed by atoms with van der Waals surface area (Å²) in [5.74, 6) is -0.867. The summed E-state index contributed by atoms with van der Waals surface area (Å²) in [5.41, 5.74) is 1.31. The van der Waals surface area contributed by atoms with Crippen molar-refractivity contribution in [1.82, 2.24) is 0 Å². The highest BCUT2D eigenvalue weighted by Crippen LogP contribution is 2.14. The molecule has 0 amide bonds. The summed E-state index contributed by atoms with van der Waals surface area (Å²) >= 11 is 0. The maximum Gasteiger partial charge on any atom is 0.335 e. The molecule has 52 valence electrons. The minimum Gasteiger partial charge on any atom is -0.478 e. The fraction of sp³-hybridized carbons (Fsp3) is 0.125. The second kappa shape index (κ2) is 2.52. The van der Waals surface area contributed by atoms with Crippen LogP contribution in [0.1, 0.15) is 6.92 Å². The van der Waals surface area contributed by atoms with E-state index in [4.69, 9.17) is 5.11 Å². The number of hydrogen-bond acceptors (Lipinski definition) is 1. The normalized spacial score (nSPS) is 19.7. The number of allylic oxidation sites excluding steroid dienone is 4. The van der Waals surface area contributed by atoms with Crippen molar-refractivity contribution in [3.63, 3.8) is 0 Å². The first-order chi connectivity index (χ1) is 4.74. The first-order valence-corrected chi connectivity index (χ1v) is 3.03. The largest absolute Gasteiger partial charge is 0.478 e. The molecule has 0 atom stereocenters. The first-order valence-electron chi connectivity index (χ1n) is 3.03. The van der Waals surface area contributed by atoms with Gasteiger partial charge in [0.05, 0.1) is 5.57 Å². The zero-order valence-corrected chi connectivity index (χ0v) is 5.66. The van der Waals surface area contributed by atoms with E-state index in [0.717, 1.165) is 5.57 Å². The zero-order valence-electron chi connectivity index (χ0n) is 5.66. The van der Waals surface area contributed by atoms with Crippen LogP contribution in [0.15, 0.2) is 35.5 Å². The van der Waals surface area contributed by atoms with Crippen molar-refractivity contribution in [3.8, 4) is 0 Å². The minimum atomic E-state index is -0.867. The van der Waals surface area contributed by atoms with Gasteiger partial charge < -0.3 is 5.11 Å². The van der Waals surface area contributed by atoms with Gasteiger partial charge in [-0.3, -0.25) is 0 Å². The Labute approximate surface area is 59.2 Å². The number of rotatable bonds is 1. The standard InChI is InChI=1S/C8H8O2/c1-2-6-3-4-7(5-6)8(9)10/h2-5H,1H3,(H,9,10)/b6-2+. The fourth-order valence-corrected chi connectivity index (χ4v) is 0.774. The molecule has 0 radical (unpaired) electrons. The SMILES string of the molecule is C/C=C1\C=CC(C(=O)O)=C1. The topological polar surface area (TPSA) is 37.3 Å². The summed E-state index contributed by atoms with van der Waals surface area (Å²) in [6, 6.07) is 0. The Bertz CT molecular complexity index is 244. The lowest BCUT2D eigenvalue weighted by Crippen LogP contribution is -1.94. The molecule has 1 rings (SSSR count). The molecule has 2 nitrogen and oxygen atoms in total. The van der Waals surface area contributed by atoms with Crippen LogP contribution in [0.2, 0.25) is 0 Å². The molecular formula is C8H8O2. The molecule has 0 aromatic heterocycles. The van der Waals surface area contributed by atoms with Crippen molar-refractivity contribution in [2.24, 2.45) is 0 Å². The minimum absolute atomic E-state index is 0.355. The molecule has 0 aromatic carbocycles. The predicted octanol–water partition coefficient (Wildman–Crippen LogP) is 1.51. The smallest absolute Gasteiger partial charge is 0.335 e. The first kappa shape index (κ1) is 6.81. The lowest BCUT2D eigenvalue weighted by atomic mass is 10.2. The Morgan fingerprint density at radius 1 is 1.60 bits per heavy atom. The molecule has 0 saturated heterocycles. The van der Waals surface area contributed by atoms with Crippen molar-refractivity contribution in [2.45, 2.75) is 6.92 Å². The Hall–Kier alpha value is -1.31. The van der Waals surface area contributed by atoms with Crippen LogP contribution in [0, 0.1) is 0 Å². The van der Waals surface area contributed by atoms with Crippen molar-refractivity contribution in [2.75, 3.05) is 0 Å². The van der Waals surface area contributed by atoms with E-state index in [1.807, 2.05) is 13.0 Å². The highest BCUT2D eigenvalue weighted by Gasteiger charge is 2.07. The third kappa shape index (κ3) is 1.16. The Morgan fingerprint density at radius 3 is 2.60 bits per heavy atom. The maximum atomic E-state index is 10.3. The van der Waals surface area contributed by atoms with E-state index in [2.05, 4.69) is 0 Å². The summed E-state index contributed by atoms with van der Waals surface area (Å²) in [6.07, 6.45) is 6.88. The summed E-state index contributed by atoms with van der Waals surface area (Å²) in [4.78, 5) is 10.3. The average Bonchev–Trinajstić information content (AvgIpc) is 2.34. The van der Waals surface area contributed by atoms with E-state index < -0.39 is 5.97 Å². The van der Waals surface area contributed by atoms with Gasteiger partial charge in [-0.15, -0.1) is 0 Å². The van der Waals surface area contributed by atoms with Gasteiger partial charge >= 0.3 is 5.97 Å². The van der Waals surface area contributed by atoms with E-state index in [-0.39, 0.29) is 0 Å². The van der Waals surface area contributed by atoms with Crippen molar-refractivity contribution in [1.29, 1.82) is 0 Å². The highest BCUT2D eigenvalue weighted by atomic mass is 16.4. The van der Waals surface area contributed by atoms with E-state index in [1.165, 1.54) is 0 Å². The second-order valence-electron chi connectivity index (χ2n) is 2.03. The lowest BCUT2D eigenvalue weighted by Gasteiger charge is -1.84. The van der Waals surface area contributed by atoms with Gasteiger partial charge in [-0.05, 0) is 24.6 Å². The number of hydrogen-bond donors (Lipinski definition) is 1. The van der Waals surface area contributed by atoms with Gasteiger partial charge in [0.1, 0.15) is 0 Å². The Balaban J connectivity index is 2.88. The maximum absolute atomic E-state index is 10.3. The van der Waals surface area contributed by atoms with E-state index in [1.54, 1.807) is 18.2 Å². The van der Waals surface area contributed by atoms with Crippen LogP contribution in [-0.2, 0) is 4.79 Å². The Morgan fingerprint density at radius 2 is 2.30 bits per heavy atom. The third-order valence-electron chi connectivity index (χ3n) is 1.36. The number of aliphatic carboxylic acids is 1. The molecule has 10 heavy (non-hydrogen) atoms. The van der Waals surface area contributed by atoms with Gasteiger partial charge in [-0.25, -0.2) is 4.79 Å². The van der Waals surface area contributed by atoms with Gasteiger partial charge in [0.25, 0.3) is 0 Å². The third-order valence-corrected chi connectivity index (χ3v) is 1.36. The molecular weight excluding hydrogens is 128 g/mol. The summed E-state index contributed by atoms with van der Waals surface area (Å²) < 4.78 is 0. The van der Waals surface area contributed by atoms with Crippen LogP contribution in [-0.4, -0.2) is 11.1 Å². The molecule has 2 heteroatoms. The number of carboxylic acid groups (broad SMARTS) is 1. The molecule has 0 heterocycles. The van der Waals surface area contributed by atoms with Crippen LogP contribution < -0.4 is 0 Å². The monoisotopic (exact) mass is 136 g/mol. The molecule has 0 unspecified atom stereocenters. The van der Waals surface area contributed by atoms with Gasteiger partial charge in [0, 0.05) is 0 Å². The zero-order chi connectivity index (χ0) is 7.56. The van der Waals surface area contributed by atoms with Crippen LogP contribution in [0.4, 0.5) is 0 Å². The summed E-state index contributed by atoms with van der Waals surface area (Å²) in [6.45, 7) is 1.88. The van der Waals surface area contributed by atoms with Crippen LogP contribution >= 0.6 is 0 Å². The molecule has 0 fully saturated rings. The number of carbonyl (C=O) groups is 1. The molecule has 0 aromatic rings.